The number of hydrogen-bond acceptors (Lipinski definition) is 22. The molecule has 0 spiro atoms. The van der Waals surface area contributed by atoms with Crippen molar-refractivity contribution in [1.82, 2.24) is 63.4 Å². The zero-order valence-corrected chi connectivity index (χ0v) is 49.7. The number of carboxylic acid groups (broad SMARTS) is 2. The summed E-state index contributed by atoms with van der Waals surface area (Å²) in [6, 6.07) is -17.1. The van der Waals surface area contributed by atoms with Gasteiger partial charge in [0.15, 0.2) is 0 Å². The fourth-order valence-corrected chi connectivity index (χ4v) is 8.54. The monoisotopic (exact) mass is 1260 g/mol. The molecular formula is C44H72N14O17S6. The fourth-order valence-electron chi connectivity index (χ4n) is 7.10. The number of primary amides is 1. The highest BCUT2D eigenvalue weighted by Gasteiger charge is 2.41. The van der Waals surface area contributed by atoms with Crippen LogP contribution >= 0.6 is 75.8 Å². The van der Waals surface area contributed by atoms with Gasteiger partial charge in [-0.2, -0.15) is 75.8 Å². The number of likely N-dealkylation sites (tertiary alicyclic amines) is 1. The van der Waals surface area contributed by atoms with Gasteiger partial charge in [0.25, 0.3) is 0 Å². The maximum absolute atomic E-state index is 14.0. The fraction of sp³-hybridized carbons (Fsp3) is 0.659. The molecule has 0 unspecified atom stereocenters. The van der Waals surface area contributed by atoms with Gasteiger partial charge in [-0.3, -0.25) is 67.1 Å². The van der Waals surface area contributed by atoms with E-state index in [0.717, 1.165) is 4.90 Å². The summed E-state index contributed by atoms with van der Waals surface area (Å²) in [7, 11) is 0. The molecule has 0 saturated carbocycles. The number of aliphatic carboxylic acids is 2. The van der Waals surface area contributed by atoms with Crippen molar-refractivity contribution in [2.45, 2.75) is 126 Å². The van der Waals surface area contributed by atoms with Gasteiger partial charge in [0.05, 0.1) is 25.4 Å². The van der Waals surface area contributed by atoms with E-state index in [0.29, 0.717) is 0 Å². The van der Waals surface area contributed by atoms with E-state index in [1.54, 1.807) is 0 Å². The lowest BCUT2D eigenvalue weighted by molar-refractivity contribution is -0.143. The Bertz CT molecular complexity index is 2330. The van der Waals surface area contributed by atoms with Gasteiger partial charge in [-0.1, -0.05) is 13.8 Å². The van der Waals surface area contributed by atoms with Crippen LogP contribution in [0.5, 0.6) is 0 Å². The van der Waals surface area contributed by atoms with Crippen LogP contribution in [0.2, 0.25) is 0 Å². The number of nitrogens with zero attached hydrogens (tertiary/aromatic N) is 1. The molecular weight excluding hydrogens is 1190 g/mol. The van der Waals surface area contributed by atoms with Crippen LogP contribution in [0.4, 0.5) is 0 Å². The van der Waals surface area contributed by atoms with E-state index in [-0.39, 0.29) is 42.4 Å². The third-order valence-electron chi connectivity index (χ3n) is 11.7. The van der Waals surface area contributed by atoms with Crippen LogP contribution in [0.15, 0.2) is 0 Å². The molecule has 1 heterocycles. The van der Waals surface area contributed by atoms with Crippen LogP contribution in [0.25, 0.3) is 0 Å². The second-order valence-electron chi connectivity index (χ2n) is 18.4. The molecule has 0 aliphatic carbocycles. The van der Waals surface area contributed by atoms with Crippen molar-refractivity contribution in [3.05, 3.63) is 0 Å². The molecule has 0 aromatic rings. The Labute approximate surface area is 498 Å². The Balaban J connectivity index is 3.08. The quantitative estimate of drug-likeness (QED) is 0.0262. The highest BCUT2D eigenvalue weighted by molar-refractivity contribution is 7.81. The van der Waals surface area contributed by atoms with E-state index in [9.17, 15) is 77.0 Å². The number of carboxylic acids is 2. The van der Waals surface area contributed by atoms with Crippen LogP contribution in [-0.4, -0.2) is 224 Å². The molecule has 81 heavy (non-hydrogen) atoms. The summed E-state index contributed by atoms with van der Waals surface area (Å²) < 4.78 is 0. The Hall–Kier alpha value is -5.89. The molecule has 456 valence electrons. The van der Waals surface area contributed by atoms with Gasteiger partial charge in [-0.25, -0.2) is 4.79 Å². The summed E-state index contributed by atoms with van der Waals surface area (Å²) in [5.41, 5.74) is 11.1. The molecule has 1 saturated heterocycles. The second kappa shape index (κ2) is 36.5. The number of amides is 13. The van der Waals surface area contributed by atoms with Crippen molar-refractivity contribution in [1.29, 1.82) is 0 Å². The molecule has 13 amide bonds. The molecule has 1 fully saturated rings. The van der Waals surface area contributed by atoms with Crippen LogP contribution in [0.1, 0.15) is 53.4 Å². The van der Waals surface area contributed by atoms with E-state index in [4.69, 9.17) is 16.6 Å². The number of carbonyl (C=O) groups excluding carboxylic acids is 13. The summed E-state index contributed by atoms with van der Waals surface area (Å²) in [5.74, 6) is -17.7. The van der Waals surface area contributed by atoms with Gasteiger partial charge in [-0.15, -0.1) is 0 Å². The highest BCUT2D eigenvalue weighted by atomic mass is 32.1. The summed E-state index contributed by atoms with van der Waals surface area (Å²) in [6.07, 6.45) is -1.46. The highest BCUT2D eigenvalue weighted by Crippen LogP contribution is 2.20. The van der Waals surface area contributed by atoms with Gasteiger partial charge in [0.1, 0.15) is 66.5 Å². The topological polar surface area (TPSA) is 484 Å². The Morgan fingerprint density at radius 3 is 1.38 bits per heavy atom. The van der Waals surface area contributed by atoms with Gasteiger partial charge >= 0.3 is 11.9 Å². The molecule has 17 N–H and O–H groups in total. The standard InChI is InChI=1S/C44H72N14O17S6/c1-17(2)32(57-36(66)21(9-31(61)62)51-38(68)24(13-78)54-35(65)20(45)11-76)42(72)56-26(15-80)40(70)55-25(14-79)39(69)52-22(8-29(46)59)43(73)58-7-5-6-28(58)41(71)49-19(4)34(64)53-23(12-77)37(67)48-18(3)33(63)47-10-30(60)50-27(16-81)44(74)75/h17-28,32,76-81H,5-16,45H2,1-4H3,(H2,46,59)(H,47,63)(H,48,67)(H,49,71)(H,50,60)(H,51,68)(H,52,69)(H,53,64)(H,54,65)(H,55,70)(H,56,72)(H,57,66)(H,61,62)(H,74,75)/t18-,19-,20+,21-,22-,23-,24-,25-,26-,27-,28-,32-/m0/s1. The maximum Gasteiger partial charge on any atom is 0.327 e. The molecule has 0 aromatic carbocycles. The first-order chi connectivity index (χ1) is 37.9. The minimum absolute atomic E-state index is 0.0552. The molecule has 37 heteroatoms. The molecule has 12 atom stereocenters. The minimum Gasteiger partial charge on any atom is -0.481 e. The Morgan fingerprint density at radius 2 is 0.926 bits per heavy atom. The third-order valence-corrected chi connectivity index (χ3v) is 13.9. The first-order valence-corrected chi connectivity index (χ1v) is 28.5. The predicted molar refractivity (Wildman–Crippen MR) is 308 cm³/mol. The largest absolute Gasteiger partial charge is 0.481 e. The van der Waals surface area contributed by atoms with Crippen molar-refractivity contribution in [3.63, 3.8) is 0 Å². The summed E-state index contributed by atoms with van der Waals surface area (Å²) in [6.45, 7) is 4.81. The average Bonchev–Trinajstić information content (AvgIpc) is 3.92. The van der Waals surface area contributed by atoms with Crippen LogP contribution in [-0.2, 0) is 71.9 Å². The first kappa shape index (κ1) is 73.1. The lowest BCUT2D eigenvalue weighted by atomic mass is 10.0. The molecule has 31 nitrogen and oxygen atoms in total. The molecule has 0 bridgehead atoms. The Morgan fingerprint density at radius 1 is 0.494 bits per heavy atom. The second-order valence-corrected chi connectivity index (χ2v) is 20.6. The van der Waals surface area contributed by atoms with Gasteiger partial charge in [-0.05, 0) is 32.6 Å². The van der Waals surface area contributed by atoms with E-state index >= 15 is 0 Å². The zero-order valence-electron chi connectivity index (χ0n) is 44.3. The maximum atomic E-state index is 14.0. The van der Waals surface area contributed by atoms with Gasteiger partial charge in [0, 0.05) is 41.1 Å². The van der Waals surface area contributed by atoms with Crippen molar-refractivity contribution >= 4 is 165 Å². The molecule has 1 aliphatic heterocycles. The third kappa shape index (κ3) is 24.6. The summed E-state index contributed by atoms with van der Waals surface area (Å²) in [5, 5.41) is 44.1. The van der Waals surface area contributed by atoms with Gasteiger partial charge < -0.3 is 85.1 Å². The predicted octanol–water partition coefficient (Wildman–Crippen LogP) is -8.02. The lowest BCUT2D eigenvalue weighted by Gasteiger charge is -2.30. The number of thiol groups is 6. The number of carbonyl (C=O) groups is 15. The zero-order chi connectivity index (χ0) is 62.0. The lowest BCUT2D eigenvalue weighted by Crippen LogP contribution is -2.62. The average molecular weight is 1260 g/mol. The van der Waals surface area contributed by atoms with Crippen LogP contribution in [0, 0.1) is 5.92 Å². The van der Waals surface area contributed by atoms with E-state index < -0.39 is 198 Å². The van der Waals surface area contributed by atoms with E-state index in [1.807, 2.05) is 0 Å². The number of nitrogens with two attached hydrogens (primary N) is 2. The smallest absolute Gasteiger partial charge is 0.327 e. The van der Waals surface area contributed by atoms with Crippen molar-refractivity contribution in [3.8, 4) is 0 Å². The SMILES string of the molecule is CC(C)[C@H](NC(=O)[C@H](CC(=O)O)NC(=O)[C@H](CS)NC(=O)[C@H](N)CS)C(=O)N[C@@H](CS)C(=O)N[C@@H](CS)C(=O)N[C@@H](CC(N)=O)C(=O)N1CCC[C@H]1C(=O)N[C@@H](C)C(=O)N[C@@H](CS)C(=O)N[C@@H](C)C(=O)NCC(=O)N[C@@H](CS)C(=O)O. The van der Waals surface area contributed by atoms with Gasteiger partial charge in [0.2, 0.25) is 76.8 Å². The van der Waals surface area contributed by atoms with Crippen molar-refractivity contribution in [2.24, 2.45) is 17.4 Å². The molecule has 0 radical (unpaired) electrons. The molecule has 1 rings (SSSR count). The summed E-state index contributed by atoms with van der Waals surface area (Å²) in [4.78, 5) is 194. The number of rotatable bonds is 35. The van der Waals surface area contributed by atoms with E-state index in [1.165, 1.54) is 27.7 Å². The summed E-state index contributed by atoms with van der Waals surface area (Å²) >= 11 is 24.2. The van der Waals surface area contributed by atoms with Crippen molar-refractivity contribution in [2.75, 3.05) is 47.6 Å². The normalized spacial score (nSPS) is 16.9. The Kier molecular flexibility index (Phi) is 33.0. The molecule has 1 aliphatic rings. The first-order valence-electron chi connectivity index (χ1n) is 24.7. The van der Waals surface area contributed by atoms with Crippen molar-refractivity contribution < 1.29 is 82.1 Å². The molecule has 0 aromatic heterocycles. The number of nitrogens with one attached hydrogen (secondary N) is 11. The van der Waals surface area contributed by atoms with Crippen LogP contribution in [0.3, 0.4) is 0 Å². The number of hydrogen-bond donors (Lipinski definition) is 21. The van der Waals surface area contributed by atoms with E-state index in [2.05, 4.69) is 134 Å². The van der Waals surface area contributed by atoms with Crippen LogP contribution < -0.4 is 70.0 Å². The minimum atomic E-state index is -1.79.